The molecule has 12 rings (SSSR count). The molecule has 6 saturated heterocycles. The van der Waals surface area contributed by atoms with Gasteiger partial charge in [-0.05, 0) is 30.3 Å². The molecule has 0 aromatic heterocycles. The number of carbonyl (C=O) groups excluding carboxylic acids is 5. The predicted octanol–water partition coefficient (Wildman–Crippen LogP) is -2.95. The summed E-state index contributed by atoms with van der Waals surface area (Å²) in [7, 11) is 0. The molecule has 9 bridgehead atoms. The molecule has 2 spiro atoms. The van der Waals surface area contributed by atoms with Crippen LogP contribution in [0.2, 0.25) is 0 Å². The van der Waals surface area contributed by atoms with Crippen LogP contribution < -0.4 is 0 Å². The van der Waals surface area contributed by atoms with Crippen molar-refractivity contribution in [2.24, 2.45) is 17.3 Å². The summed E-state index contributed by atoms with van der Waals surface area (Å²) in [5.41, 5.74) is -9.25. The van der Waals surface area contributed by atoms with Crippen LogP contribution in [-0.4, -0.2) is 203 Å². The van der Waals surface area contributed by atoms with Crippen molar-refractivity contribution in [3.05, 3.63) is 64.1 Å². The van der Waals surface area contributed by atoms with Crippen molar-refractivity contribution in [1.29, 1.82) is 0 Å². The summed E-state index contributed by atoms with van der Waals surface area (Å²) >= 11 is 0. The van der Waals surface area contributed by atoms with Crippen LogP contribution in [-0.2, 0) is 57.0 Å². The number of aromatic hydroxyl groups is 9. The highest BCUT2D eigenvalue weighted by Crippen LogP contribution is 2.76. The van der Waals surface area contributed by atoms with E-state index in [1.165, 1.54) is 0 Å². The number of ether oxygens (including phenoxy) is 10. The highest BCUT2D eigenvalue weighted by molar-refractivity contribution is 6.08. The second-order valence-electron chi connectivity index (χ2n) is 19.4. The zero-order chi connectivity index (χ0) is 55.3. The molecule has 16 atom stereocenters. The van der Waals surface area contributed by atoms with Crippen LogP contribution in [0.15, 0.2) is 47.4 Å². The maximum atomic E-state index is 16.0. The summed E-state index contributed by atoms with van der Waals surface area (Å²) in [5, 5.41) is 179. The first-order valence-electron chi connectivity index (χ1n) is 22.7. The van der Waals surface area contributed by atoms with Gasteiger partial charge in [0.2, 0.25) is 41.3 Å². The number of aliphatic hydroxyl groups excluding tert-OH is 4. The van der Waals surface area contributed by atoms with E-state index in [1.54, 1.807) is 0 Å². The lowest BCUT2D eigenvalue weighted by molar-refractivity contribution is -0.530. The fourth-order valence-corrected chi connectivity index (χ4v) is 12.1. The summed E-state index contributed by atoms with van der Waals surface area (Å²) in [4.78, 5) is 74.4. The Morgan fingerprint density at radius 1 is 0.662 bits per heavy atom. The highest BCUT2D eigenvalue weighted by Gasteiger charge is 2.96. The minimum absolute atomic E-state index is 0.363. The fraction of sp³-hybridized carbons (Fsp3) is 0.413. The van der Waals surface area contributed by atoms with E-state index in [1.807, 2.05) is 0 Å². The molecular formula is C46H38O31. The first-order chi connectivity index (χ1) is 36.1. The van der Waals surface area contributed by atoms with Crippen LogP contribution in [0.5, 0.6) is 51.7 Å². The minimum Gasteiger partial charge on any atom is -0.506 e. The van der Waals surface area contributed by atoms with Gasteiger partial charge in [-0.1, -0.05) is 0 Å². The molecule has 31 nitrogen and oxygen atoms in total. The van der Waals surface area contributed by atoms with E-state index in [9.17, 15) is 96.1 Å². The van der Waals surface area contributed by atoms with E-state index in [-0.39, 0.29) is 0 Å². The molecule has 16 N–H and O–H groups in total. The van der Waals surface area contributed by atoms with Gasteiger partial charge >= 0.3 is 29.8 Å². The van der Waals surface area contributed by atoms with Crippen molar-refractivity contribution in [2.75, 3.05) is 13.2 Å². The molecule has 77 heavy (non-hydrogen) atoms. The lowest BCUT2D eigenvalue weighted by Gasteiger charge is -2.65. The van der Waals surface area contributed by atoms with E-state index in [0.717, 1.165) is 0 Å². The molecule has 408 valence electrons. The summed E-state index contributed by atoms with van der Waals surface area (Å²) in [5.74, 6) is -41.5. The van der Waals surface area contributed by atoms with Crippen LogP contribution in [0, 0.1) is 17.3 Å². The van der Waals surface area contributed by atoms with Gasteiger partial charge in [0, 0.05) is 35.0 Å². The lowest BCUT2D eigenvalue weighted by Crippen LogP contribution is -2.85. The second-order valence-corrected chi connectivity index (χ2v) is 19.4. The van der Waals surface area contributed by atoms with Crippen molar-refractivity contribution in [3.63, 3.8) is 0 Å². The van der Waals surface area contributed by atoms with Crippen LogP contribution >= 0.6 is 0 Å². The molecule has 3 aromatic carbocycles. The molecule has 2 aliphatic carbocycles. The molecule has 16 unspecified atom stereocenters. The van der Waals surface area contributed by atoms with Crippen molar-refractivity contribution < 1.29 is 153 Å². The van der Waals surface area contributed by atoms with Crippen molar-refractivity contribution in [1.82, 2.24) is 0 Å². The molecule has 31 heteroatoms. The molecule has 0 radical (unpaired) electrons. The number of carbonyl (C=O) groups is 5. The maximum absolute atomic E-state index is 16.0. The summed E-state index contributed by atoms with van der Waals surface area (Å²) in [6.07, 6.45) is -22.7. The van der Waals surface area contributed by atoms with E-state index in [2.05, 4.69) is 0 Å². The number of phenols is 9. The first kappa shape index (κ1) is 49.7. The smallest absolute Gasteiger partial charge is 0.340 e. The Morgan fingerprint density at radius 2 is 1.26 bits per heavy atom. The summed E-state index contributed by atoms with van der Waals surface area (Å²) < 4.78 is 58.5. The fourth-order valence-electron chi connectivity index (χ4n) is 12.1. The number of rotatable bonds is 2. The van der Waals surface area contributed by atoms with Gasteiger partial charge in [0.25, 0.3) is 5.79 Å². The minimum atomic E-state index is -3.75. The van der Waals surface area contributed by atoms with Crippen LogP contribution in [0.1, 0.15) is 37.5 Å². The SMILES string of the molecule is O=C1OC2C(OC(=O)c3cc(O)c(O)c(O)c3)OC3COC(=O)c4cc(O)c(O)c(O)c4-c4c(cc(O)c(O)c4O)C(=O)OC2C3OC(=O)C23CC4(O)OC5(OCC(O)C5O)C2OC2(O)C3C3C1=CC(O)=C(O)C3OC42O. The van der Waals surface area contributed by atoms with Gasteiger partial charge in [-0.3, -0.25) is 4.79 Å². The topological polar surface area (TPSA) is 501 Å². The third kappa shape index (κ3) is 6.15. The third-order valence-electron chi connectivity index (χ3n) is 15.4. The Kier molecular flexibility index (Phi) is 10.2. The molecule has 7 heterocycles. The normalized spacial score (nSPS) is 39.3. The number of hydrogen-bond donors (Lipinski definition) is 16. The van der Waals surface area contributed by atoms with Crippen LogP contribution in [0.4, 0.5) is 0 Å². The largest absolute Gasteiger partial charge is 0.506 e. The van der Waals surface area contributed by atoms with E-state index in [4.69, 9.17) is 47.4 Å². The zero-order valence-corrected chi connectivity index (χ0v) is 38.1. The van der Waals surface area contributed by atoms with Gasteiger partial charge in [0.05, 0.1) is 23.3 Å². The molecular weight excluding hydrogens is 1050 g/mol. The monoisotopic (exact) mass is 1090 g/mol. The molecule has 7 aliphatic heterocycles. The van der Waals surface area contributed by atoms with Crippen molar-refractivity contribution >= 4 is 29.8 Å². The third-order valence-corrected chi connectivity index (χ3v) is 15.4. The van der Waals surface area contributed by atoms with Crippen molar-refractivity contribution in [2.45, 2.75) is 84.7 Å². The van der Waals surface area contributed by atoms with E-state index >= 15 is 9.59 Å². The Balaban J connectivity index is 1.10. The molecule has 7 fully saturated rings. The van der Waals surface area contributed by atoms with Gasteiger partial charge in [0.1, 0.15) is 42.5 Å². The predicted molar refractivity (Wildman–Crippen MR) is 227 cm³/mol. The standard InChI is InChI=1S/C46H38O31/c47-13-1-9(2-14(48)23(13)53)35(60)74-39-32-31-29(19(70-39)7-68-36(61)10-3-15(49)24(54)27(57)20(10)21-11(37(62)71-31)4-16(50)25(55)28(21)58)73-41(64)42-8-43(65)46(67)45(66,76-40(42)44(77-43)34(59)18(52)6-69-44)33(42)22-12(38(63)72-32)5-17(51)26(56)30(22)75-46/h1-5,18-19,22,29-34,39-40,47-59,65-67H,6-8H2. The maximum Gasteiger partial charge on any atom is 0.340 e. The van der Waals surface area contributed by atoms with E-state index in [0.29, 0.717) is 30.3 Å². The van der Waals surface area contributed by atoms with Gasteiger partial charge < -0.3 is 129 Å². The number of hydrogen-bond acceptors (Lipinski definition) is 31. The Bertz CT molecular complexity index is 3270. The summed E-state index contributed by atoms with van der Waals surface area (Å²) in [6.45, 7) is -2.22. The number of cyclic esters (lactones) is 1. The Labute approximate surface area is 424 Å². The first-order valence-corrected chi connectivity index (χ1v) is 22.7. The average molecular weight is 1090 g/mol. The van der Waals surface area contributed by atoms with Crippen molar-refractivity contribution in [3.8, 4) is 62.9 Å². The Hall–Kier alpha value is -8.11. The molecule has 0 amide bonds. The van der Waals surface area contributed by atoms with Gasteiger partial charge in [0.15, 0.2) is 64.0 Å². The van der Waals surface area contributed by atoms with E-state index < -0.39 is 242 Å². The Morgan fingerprint density at radius 3 is 1.87 bits per heavy atom. The van der Waals surface area contributed by atoms with Crippen LogP contribution in [0.25, 0.3) is 11.1 Å². The number of allylic oxidation sites excluding steroid dienone is 1. The summed E-state index contributed by atoms with van der Waals surface area (Å²) in [6, 6.07) is 1.93. The van der Waals surface area contributed by atoms with Gasteiger partial charge in [-0.2, -0.15) is 0 Å². The number of benzene rings is 3. The number of phenolic OH excluding ortho intramolecular Hbond substituents is 9. The zero-order valence-electron chi connectivity index (χ0n) is 38.1. The average Bonchev–Trinajstić information content (AvgIpc) is 3.89. The second kappa shape index (κ2) is 15.7. The number of esters is 5. The highest BCUT2D eigenvalue weighted by atomic mass is 16.9. The molecule has 1 saturated carbocycles. The number of aliphatic hydroxyl groups is 7. The quantitative estimate of drug-likeness (QED) is 0.0693. The van der Waals surface area contributed by atoms with Crippen LogP contribution in [0.3, 0.4) is 0 Å². The molecule has 3 aromatic rings. The lowest BCUT2D eigenvalue weighted by atomic mass is 9.49. The van der Waals surface area contributed by atoms with Gasteiger partial charge in [-0.25, -0.2) is 19.2 Å². The number of fused-ring (bicyclic) bond motifs is 6. The molecule has 9 aliphatic rings. The van der Waals surface area contributed by atoms with Gasteiger partial charge in [-0.15, -0.1) is 0 Å².